The molecule has 2 atom stereocenters. The summed E-state index contributed by atoms with van der Waals surface area (Å²) >= 11 is 0. The summed E-state index contributed by atoms with van der Waals surface area (Å²) in [4.78, 5) is 2.74. The molecule has 2 nitrogen and oxygen atoms in total. The summed E-state index contributed by atoms with van der Waals surface area (Å²) in [6.45, 7) is 15.4. The first-order valence-electron chi connectivity index (χ1n) is 8.01. The number of likely N-dealkylation sites (tertiary alicyclic amines) is 1. The van der Waals surface area contributed by atoms with Gasteiger partial charge in [-0.15, -0.1) is 0 Å². The zero-order chi connectivity index (χ0) is 13.6. The molecule has 1 heterocycles. The van der Waals surface area contributed by atoms with Crippen LogP contribution in [0.2, 0.25) is 0 Å². The van der Waals surface area contributed by atoms with Crippen LogP contribution in [0.1, 0.15) is 66.7 Å². The molecule has 0 aromatic rings. The van der Waals surface area contributed by atoms with Crippen molar-refractivity contribution in [2.75, 3.05) is 19.6 Å². The van der Waals surface area contributed by atoms with Crippen LogP contribution in [0.4, 0.5) is 0 Å². The molecule has 1 fully saturated rings. The highest BCUT2D eigenvalue weighted by Crippen LogP contribution is 2.31. The lowest BCUT2D eigenvalue weighted by molar-refractivity contribution is 0.0715. The van der Waals surface area contributed by atoms with E-state index in [1.807, 2.05) is 0 Å². The maximum Gasteiger partial charge on any atom is 0.0246 e. The Morgan fingerprint density at radius 3 is 2.17 bits per heavy atom. The quantitative estimate of drug-likeness (QED) is 0.746. The van der Waals surface area contributed by atoms with Crippen LogP contribution in [-0.4, -0.2) is 36.6 Å². The monoisotopic (exact) mass is 254 g/mol. The smallest absolute Gasteiger partial charge is 0.0246 e. The van der Waals surface area contributed by atoms with Crippen molar-refractivity contribution in [2.24, 2.45) is 5.41 Å². The third-order valence-corrected chi connectivity index (χ3v) is 4.57. The van der Waals surface area contributed by atoms with Gasteiger partial charge in [0.15, 0.2) is 0 Å². The van der Waals surface area contributed by atoms with E-state index in [9.17, 15) is 0 Å². The van der Waals surface area contributed by atoms with E-state index in [1.165, 1.54) is 45.2 Å². The van der Waals surface area contributed by atoms with Crippen LogP contribution >= 0.6 is 0 Å². The highest BCUT2D eigenvalue weighted by molar-refractivity contribution is 4.88. The summed E-state index contributed by atoms with van der Waals surface area (Å²) in [5.74, 6) is 0. The second kappa shape index (κ2) is 7.49. The molecule has 0 bridgehead atoms. The number of nitrogens with one attached hydrogen (secondary N) is 1. The molecule has 0 radical (unpaired) electrons. The zero-order valence-corrected chi connectivity index (χ0v) is 13.3. The van der Waals surface area contributed by atoms with Crippen molar-refractivity contribution < 1.29 is 0 Å². The molecule has 0 aliphatic carbocycles. The summed E-state index contributed by atoms with van der Waals surface area (Å²) in [6.07, 6.45) is 6.58. The minimum absolute atomic E-state index is 0.563. The minimum Gasteiger partial charge on any atom is -0.313 e. The van der Waals surface area contributed by atoms with E-state index in [1.54, 1.807) is 0 Å². The van der Waals surface area contributed by atoms with E-state index in [-0.39, 0.29) is 0 Å². The van der Waals surface area contributed by atoms with Crippen LogP contribution in [0.15, 0.2) is 0 Å². The number of nitrogens with zero attached hydrogens (tertiary/aromatic N) is 1. The summed E-state index contributed by atoms with van der Waals surface area (Å²) in [7, 11) is 0. The Morgan fingerprint density at radius 2 is 1.72 bits per heavy atom. The lowest BCUT2D eigenvalue weighted by Crippen LogP contribution is -2.53. The molecule has 1 N–H and O–H groups in total. The van der Waals surface area contributed by atoms with Crippen molar-refractivity contribution >= 4 is 0 Å². The second-order valence-corrected chi connectivity index (χ2v) is 6.63. The van der Waals surface area contributed by atoms with Gasteiger partial charge in [0, 0.05) is 12.1 Å². The van der Waals surface area contributed by atoms with E-state index in [0.717, 1.165) is 12.6 Å². The molecule has 1 aliphatic rings. The summed E-state index contributed by atoms with van der Waals surface area (Å²) in [5, 5.41) is 3.71. The standard InChI is InChI=1S/C16H34N2/c1-6-9-14(17-8-3)15(7-2)18-12-10-16(4,5)11-13-18/h14-15,17H,6-13H2,1-5H3. The Balaban J connectivity index is 2.58. The van der Waals surface area contributed by atoms with Crippen molar-refractivity contribution in [3.05, 3.63) is 0 Å². The molecule has 1 aliphatic heterocycles. The van der Waals surface area contributed by atoms with E-state index in [0.29, 0.717) is 11.5 Å². The first-order chi connectivity index (χ1) is 8.54. The van der Waals surface area contributed by atoms with Crippen molar-refractivity contribution in [1.82, 2.24) is 10.2 Å². The lowest BCUT2D eigenvalue weighted by atomic mass is 9.81. The van der Waals surface area contributed by atoms with Gasteiger partial charge in [0.1, 0.15) is 0 Å². The number of hydrogen-bond acceptors (Lipinski definition) is 2. The molecule has 18 heavy (non-hydrogen) atoms. The number of likely N-dealkylation sites (N-methyl/N-ethyl adjacent to an activating group) is 1. The van der Waals surface area contributed by atoms with Gasteiger partial charge in [-0.25, -0.2) is 0 Å². The Hall–Kier alpha value is -0.0800. The molecule has 0 aromatic heterocycles. The van der Waals surface area contributed by atoms with Gasteiger partial charge in [-0.1, -0.05) is 41.0 Å². The minimum atomic E-state index is 0.563. The maximum absolute atomic E-state index is 3.71. The van der Waals surface area contributed by atoms with Crippen LogP contribution in [0.5, 0.6) is 0 Å². The second-order valence-electron chi connectivity index (χ2n) is 6.63. The average Bonchev–Trinajstić information content (AvgIpc) is 2.32. The fourth-order valence-corrected chi connectivity index (χ4v) is 3.26. The van der Waals surface area contributed by atoms with E-state index >= 15 is 0 Å². The Morgan fingerprint density at radius 1 is 1.11 bits per heavy atom. The van der Waals surface area contributed by atoms with E-state index in [4.69, 9.17) is 0 Å². The van der Waals surface area contributed by atoms with Crippen LogP contribution in [0.25, 0.3) is 0 Å². The molecule has 0 aromatic carbocycles. The number of piperidine rings is 1. The highest BCUT2D eigenvalue weighted by atomic mass is 15.2. The topological polar surface area (TPSA) is 15.3 Å². The highest BCUT2D eigenvalue weighted by Gasteiger charge is 2.31. The predicted molar refractivity (Wildman–Crippen MR) is 81.0 cm³/mol. The first-order valence-corrected chi connectivity index (χ1v) is 8.01. The van der Waals surface area contributed by atoms with Gasteiger partial charge >= 0.3 is 0 Å². The van der Waals surface area contributed by atoms with Crippen molar-refractivity contribution in [2.45, 2.75) is 78.8 Å². The summed E-state index contributed by atoms with van der Waals surface area (Å²) in [6, 6.07) is 1.42. The van der Waals surface area contributed by atoms with Crippen molar-refractivity contribution in [3.8, 4) is 0 Å². The number of hydrogen-bond donors (Lipinski definition) is 1. The molecule has 2 unspecified atom stereocenters. The Bertz CT molecular complexity index is 209. The van der Waals surface area contributed by atoms with Gasteiger partial charge < -0.3 is 5.32 Å². The van der Waals surface area contributed by atoms with E-state index in [2.05, 4.69) is 44.8 Å². The van der Waals surface area contributed by atoms with Gasteiger partial charge in [0.2, 0.25) is 0 Å². The summed E-state index contributed by atoms with van der Waals surface area (Å²) < 4.78 is 0. The number of rotatable bonds is 7. The maximum atomic E-state index is 3.71. The van der Waals surface area contributed by atoms with Crippen molar-refractivity contribution in [3.63, 3.8) is 0 Å². The van der Waals surface area contributed by atoms with Crippen molar-refractivity contribution in [1.29, 1.82) is 0 Å². The first kappa shape index (κ1) is 16.0. The molecule has 1 saturated heterocycles. The predicted octanol–water partition coefficient (Wildman–Crippen LogP) is 3.67. The third-order valence-electron chi connectivity index (χ3n) is 4.57. The average molecular weight is 254 g/mol. The van der Waals surface area contributed by atoms with Gasteiger partial charge in [0.05, 0.1) is 0 Å². The van der Waals surface area contributed by atoms with Gasteiger partial charge in [-0.2, -0.15) is 0 Å². The summed E-state index contributed by atoms with van der Waals surface area (Å²) in [5.41, 5.74) is 0.563. The van der Waals surface area contributed by atoms with Gasteiger partial charge in [-0.3, -0.25) is 4.90 Å². The van der Waals surface area contributed by atoms with Crippen LogP contribution in [0.3, 0.4) is 0 Å². The molecular weight excluding hydrogens is 220 g/mol. The van der Waals surface area contributed by atoms with E-state index < -0.39 is 0 Å². The Kier molecular flexibility index (Phi) is 6.65. The van der Waals surface area contributed by atoms with Crippen LogP contribution in [-0.2, 0) is 0 Å². The molecule has 0 amide bonds. The fraction of sp³-hybridized carbons (Fsp3) is 1.00. The molecule has 0 spiro atoms. The Labute approximate surface area is 115 Å². The SMILES string of the molecule is CCCC(NCC)C(CC)N1CCC(C)(C)CC1. The zero-order valence-electron chi connectivity index (χ0n) is 13.3. The molecular formula is C16H34N2. The van der Waals surface area contributed by atoms with Crippen LogP contribution < -0.4 is 5.32 Å². The van der Waals surface area contributed by atoms with Crippen LogP contribution in [0, 0.1) is 5.41 Å². The lowest BCUT2D eigenvalue weighted by Gasteiger charge is -2.43. The largest absolute Gasteiger partial charge is 0.313 e. The molecule has 108 valence electrons. The third kappa shape index (κ3) is 4.55. The fourth-order valence-electron chi connectivity index (χ4n) is 3.26. The normalized spacial score (nSPS) is 23.8. The van der Waals surface area contributed by atoms with Gasteiger partial charge in [-0.05, 0) is 50.7 Å². The molecule has 2 heteroatoms. The molecule has 1 rings (SSSR count). The molecule has 0 saturated carbocycles. The van der Waals surface area contributed by atoms with Gasteiger partial charge in [0.25, 0.3) is 0 Å².